The number of hydrogen-bond donors (Lipinski definition) is 1. The Morgan fingerprint density at radius 1 is 1.22 bits per heavy atom. The van der Waals surface area contributed by atoms with Crippen molar-refractivity contribution in [3.05, 3.63) is 58.2 Å². The van der Waals surface area contributed by atoms with E-state index in [0.29, 0.717) is 18.8 Å². The molecule has 1 amide bonds. The van der Waals surface area contributed by atoms with Crippen molar-refractivity contribution in [3.63, 3.8) is 0 Å². The summed E-state index contributed by atoms with van der Waals surface area (Å²) in [5.74, 6) is 0.791. The number of rotatable bonds is 6. The zero-order chi connectivity index (χ0) is 19.3. The van der Waals surface area contributed by atoms with E-state index < -0.39 is 5.54 Å². The Kier molecular flexibility index (Phi) is 6.50. The molecule has 1 aromatic heterocycles. The molecule has 0 unspecified atom stereocenters. The lowest BCUT2D eigenvalue weighted by molar-refractivity contribution is 0.0345. The molecule has 0 aliphatic carbocycles. The van der Waals surface area contributed by atoms with Gasteiger partial charge in [0.25, 0.3) is 5.91 Å². The summed E-state index contributed by atoms with van der Waals surface area (Å²) in [4.78, 5) is 19.6. The van der Waals surface area contributed by atoms with Gasteiger partial charge >= 0.3 is 0 Å². The smallest absolute Gasteiger partial charge is 0.253 e. The summed E-state index contributed by atoms with van der Waals surface area (Å²) in [6.45, 7) is 7.23. The first-order chi connectivity index (χ1) is 13.1. The van der Waals surface area contributed by atoms with Crippen molar-refractivity contribution in [1.82, 2.24) is 10.3 Å². The zero-order valence-electron chi connectivity index (χ0n) is 15.9. The van der Waals surface area contributed by atoms with Crippen LogP contribution in [0.15, 0.2) is 47.1 Å². The molecular weight excluding hydrogens is 406 g/mol. The Balaban J connectivity index is 1.83. The molecule has 0 radical (unpaired) electrons. The minimum absolute atomic E-state index is 0.101. The van der Waals surface area contributed by atoms with Crippen molar-refractivity contribution < 1.29 is 9.53 Å². The predicted molar refractivity (Wildman–Crippen MR) is 111 cm³/mol. The van der Waals surface area contributed by atoms with E-state index in [2.05, 4.69) is 57.1 Å². The molecule has 1 aliphatic rings. The molecule has 1 N–H and O–H groups in total. The summed E-state index contributed by atoms with van der Waals surface area (Å²) in [7, 11) is 0. The van der Waals surface area contributed by atoms with Crippen molar-refractivity contribution in [3.8, 4) is 0 Å². The maximum Gasteiger partial charge on any atom is 0.253 e. The fourth-order valence-electron chi connectivity index (χ4n) is 3.54. The molecule has 2 heterocycles. The van der Waals surface area contributed by atoms with E-state index >= 15 is 0 Å². The number of carbonyl (C=O) groups is 1. The number of hydrogen-bond acceptors (Lipinski definition) is 4. The number of nitrogens with one attached hydrogen (secondary N) is 1. The van der Waals surface area contributed by atoms with Crippen LogP contribution in [0.4, 0.5) is 5.82 Å². The highest BCUT2D eigenvalue weighted by Gasteiger charge is 2.36. The fraction of sp³-hybridized carbons (Fsp3) is 0.429. The number of benzene rings is 1. The van der Waals surface area contributed by atoms with E-state index in [0.717, 1.165) is 41.8 Å². The number of nitrogens with zero attached hydrogens (tertiary/aromatic N) is 2. The molecule has 27 heavy (non-hydrogen) atoms. The van der Waals surface area contributed by atoms with Gasteiger partial charge in [0.2, 0.25) is 0 Å². The summed E-state index contributed by atoms with van der Waals surface area (Å²) in [5.41, 5.74) is 1.25. The van der Waals surface area contributed by atoms with E-state index in [1.807, 2.05) is 24.3 Å². The van der Waals surface area contributed by atoms with Crippen molar-refractivity contribution >= 4 is 27.7 Å². The van der Waals surface area contributed by atoms with Gasteiger partial charge in [-0.05, 0) is 56.5 Å². The molecular formula is C21H26BrN3O2. The third-order valence-corrected chi connectivity index (χ3v) is 5.67. The third-order valence-electron chi connectivity index (χ3n) is 5.17. The number of aromatic nitrogens is 1. The minimum Gasteiger partial charge on any atom is -0.381 e. The minimum atomic E-state index is -0.420. The lowest BCUT2D eigenvalue weighted by atomic mass is 9.82. The molecule has 2 aromatic rings. The molecule has 0 saturated carbocycles. The predicted octanol–water partition coefficient (Wildman–Crippen LogP) is 4.13. The van der Waals surface area contributed by atoms with Crippen LogP contribution in [0.1, 0.15) is 42.6 Å². The summed E-state index contributed by atoms with van der Waals surface area (Å²) in [6, 6.07) is 11.9. The van der Waals surface area contributed by atoms with Crippen LogP contribution < -0.4 is 10.2 Å². The molecule has 1 aliphatic heterocycles. The van der Waals surface area contributed by atoms with E-state index in [-0.39, 0.29) is 5.91 Å². The van der Waals surface area contributed by atoms with E-state index in [1.165, 1.54) is 0 Å². The quantitative estimate of drug-likeness (QED) is 0.746. The highest BCUT2D eigenvalue weighted by Crippen LogP contribution is 2.34. The maximum absolute atomic E-state index is 13.0. The van der Waals surface area contributed by atoms with Crippen LogP contribution in [-0.4, -0.2) is 37.2 Å². The topological polar surface area (TPSA) is 54.5 Å². The molecule has 0 bridgehead atoms. The Morgan fingerprint density at radius 3 is 2.56 bits per heavy atom. The van der Waals surface area contributed by atoms with Crippen LogP contribution in [0.5, 0.6) is 0 Å². The van der Waals surface area contributed by atoms with Gasteiger partial charge in [0.05, 0.1) is 11.1 Å². The Bertz CT molecular complexity index is 769. The summed E-state index contributed by atoms with van der Waals surface area (Å²) in [5, 5.41) is 3.28. The molecule has 144 valence electrons. The largest absolute Gasteiger partial charge is 0.381 e. The SMILES string of the molecule is CCN(CC)c1ccc(C(=O)NC2(c3cccc(Br)c3)CCOCC2)cn1. The van der Waals surface area contributed by atoms with Crippen molar-refractivity contribution in [2.75, 3.05) is 31.2 Å². The Hall–Kier alpha value is -1.92. The van der Waals surface area contributed by atoms with Gasteiger partial charge < -0.3 is 15.0 Å². The highest BCUT2D eigenvalue weighted by molar-refractivity contribution is 9.10. The second kappa shape index (κ2) is 8.85. The summed E-state index contributed by atoms with van der Waals surface area (Å²) >= 11 is 3.54. The van der Waals surface area contributed by atoms with Crippen molar-refractivity contribution in [1.29, 1.82) is 0 Å². The van der Waals surface area contributed by atoms with Gasteiger partial charge in [0.15, 0.2) is 0 Å². The average molecular weight is 432 g/mol. The van der Waals surface area contributed by atoms with Crippen LogP contribution in [0.2, 0.25) is 0 Å². The molecule has 3 rings (SSSR count). The maximum atomic E-state index is 13.0. The van der Waals surface area contributed by atoms with Gasteiger partial charge in [0, 0.05) is 37.0 Å². The summed E-state index contributed by atoms with van der Waals surface area (Å²) in [6.07, 6.45) is 3.16. The molecule has 0 atom stereocenters. The van der Waals surface area contributed by atoms with Gasteiger partial charge in [0.1, 0.15) is 5.82 Å². The molecule has 5 nitrogen and oxygen atoms in total. The van der Waals surface area contributed by atoms with Crippen LogP contribution in [0, 0.1) is 0 Å². The van der Waals surface area contributed by atoms with Crippen molar-refractivity contribution in [2.45, 2.75) is 32.2 Å². The molecule has 1 fully saturated rings. The van der Waals surface area contributed by atoms with Gasteiger partial charge in [-0.2, -0.15) is 0 Å². The number of halogens is 1. The Morgan fingerprint density at radius 2 is 1.96 bits per heavy atom. The highest BCUT2D eigenvalue weighted by atomic mass is 79.9. The van der Waals surface area contributed by atoms with E-state index in [4.69, 9.17) is 4.74 Å². The second-order valence-electron chi connectivity index (χ2n) is 6.74. The molecule has 1 aromatic carbocycles. The molecule has 1 saturated heterocycles. The van der Waals surface area contributed by atoms with Gasteiger partial charge in [-0.3, -0.25) is 4.79 Å². The standard InChI is InChI=1S/C21H26BrN3O2/c1-3-25(4-2)19-9-8-16(15-23-19)20(26)24-21(10-12-27-13-11-21)17-6-5-7-18(22)14-17/h5-9,14-15H,3-4,10-13H2,1-2H3,(H,24,26). The number of anilines is 1. The first-order valence-electron chi connectivity index (χ1n) is 9.45. The number of carbonyl (C=O) groups excluding carboxylic acids is 1. The van der Waals surface area contributed by atoms with E-state index in [1.54, 1.807) is 6.20 Å². The first kappa shape index (κ1) is 19.8. The van der Waals surface area contributed by atoms with Crippen molar-refractivity contribution in [2.24, 2.45) is 0 Å². The summed E-state index contributed by atoms with van der Waals surface area (Å²) < 4.78 is 6.55. The van der Waals surface area contributed by atoms with Gasteiger partial charge in [-0.1, -0.05) is 28.1 Å². The third kappa shape index (κ3) is 4.50. The zero-order valence-corrected chi connectivity index (χ0v) is 17.5. The van der Waals surface area contributed by atoms with Crippen LogP contribution >= 0.6 is 15.9 Å². The molecule has 6 heteroatoms. The second-order valence-corrected chi connectivity index (χ2v) is 7.65. The fourth-order valence-corrected chi connectivity index (χ4v) is 3.94. The van der Waals surface area contributed by atoms with Gasteiger partial charge in [-0.25, -0.2) is 4.98 Å². The molecule has 0 spiro atoms. The Labute approximate surface area is 169 Å². The van der Waals surface area contributed by atoms with E-state index in [9.17, 15) is 4.79 Å². The first-order valence-corrected chi connectivity index (χ1v) is 10.2. The number of ether oxygens (including phenoxy) is 1. The lowest BCUT2D eigenvalue weighted by Gasteiger charge is -2.38. The number of pyridine rings is 1. The van der Waals surface area contributed by atoms with Crippen LogP contribution in [0.3, 0.4) is 0 Å². The number of amides is 1. The van der Waals surface area contributed by atoms with Crippen LogP contribution in [-0.2, 0) is 10.3 Å². The normalized spacial score (nSPS) is 16.0. The average Bonchev–Trinajstić information content (AvgIpc) is 2.70. The van der Waals surface area contributed by atoms with Gasteiger partial charge in [-0.15, -0.1) is 0 Å². The monoisotopic (exact) mass is 431 g/mol. The lowest BCUT2D eigenvalue weighted by Crippen LogP contribution is -2.49. The van der Waals surface area contributed by atoms with Crippen LogP contribution in [0.25, 0.3) is 0 Å².